The van der Waals surface area contributed by atoms with E-state index in [9.17, 15) is 24.0 Å². The second-order valence-corrected chi connectivity index (χ2v) is 7.91. The molecule has 168 valence electrons. The van der Waals surface area contributed by atoms with Crippen LogP contribution in [0, 0.1) is 6.92 Å². The molecule has 0 fully saturated rings. The zero-order valence-electron chi connectivity index (χ0n) is 17.6. The van der Waals surface area contributed by atoms with Crippen molar-refractivity contribution in [2.75, 3.05) is 26.5 Å². The fourth-order valence-electron chi connectivity index (χ4n) is 3.24. The van der Waals surface area contributed by atoms with E-state index in [1.54, 1.807) is 25.1 Å². The first-order valence-corrected chi connectivity index (χ1v) is 10.2. The van der Waals surface area contributed by atoms with Crippen LogP contribution in [0.4, 0.5) is 5.00 Å². The minimum Gasteiger partial charge on any atom is -0.465 e. The summed E-state index contributed by atoms with van der Waals surface area (Å²) in [5, 5.41) is 0.0182. The van der Waals surface area contributed by atoms with Crippen molar-refractivity contribution in [2.24, 2.45) is 0 Å². The van der Waals surface area contributed by atoms with Gasteiger partial charge in [0.25, 0.3) is 11.8 Å². The molecule has 0 atom stereocenters. The number of aryl methyl sites for hydroxylation is 1. The van der Waals surface area contributed by atoms with Crippen molar-refractivity contribution >= 4 is 46.1 Å². The lowest BCUT2D eigenvalue weighted by Gasteiger charge is -2.13. The molecule has 2 heterocycles. The Balaban J connectivity index is 1.68. The van der Waals surface area contributed by atoms with E-state index in [0.717, 1.165) is 36.0 Å². The number of methoxy groups -OCH3 is 2. The van der Waals surface area contributed by atoms with Crippen molar-refractivity contribution in [1.29, 1.82) is 0 Å². The van der Waals surface area contributed by atoms with E-state index < -0.39 is 36.3 Å². The van der Waals surface area contributed by atoms with Gasteiger partial charge in [0.05, 0.1) is 31.8 Å². The summed E-state index contributed by atoms with van der Waals surface area (Å²) in [6.45, 7) is 1.19. The van der Waals surface area contributed by atoms with Gasteiger partial charge in [-0.2, -0.15) is 0 Å². The number of benzene rings is 1. The Kier molecular flexibility index (Phi) is 6.58. The Labute approximate surface area is 186 Å². The highest BCUT2D eigenvalue weighted by atomic mass is 32.1. The summed E-state index contributed by atoms with van der Waals surface area (Å²) in [7, 11) is 2.31. The molecule has 2 N–H and O–H groups in total. The topological polar surface area (TPSA) is 142 Å². The molecule has 1 aliphatic heterocycles. The van der Waals surface area contributed by atoms with Gasteiger partial charge >= 0.3 is 17.9 Å². The molecule has 0 aliphatic carbocycles. The van der Waals surface area contributed by atoms with Gasteiger partial charge in [-0.25, -0.2) is 9.59 Å². The van der Waals surface area contributed by atoms with Crippen molar-refractivity contribution in [3.05, 3.63) is 50.9 Å². The predicted molar refractivity (Wildman–Crippen MR) is 112 cm³/mol. The maximum absolute atomic E-state index is 12.5. The minimum atomic E-state index is -0.790. The van der Waals surface area contributed by atoms with Gasteiger partial charge in [-0.15, -0.1) is 11.3 Å². The van der Waals surface area contributed by atoms with E-state index in [4.69, 9.17) is 10.5 Å². The number of ether oxygens (including phenoxy) is 3. The quantitative estimate of drug-likeness (QED) is 0.372. The van der Waals surface area contributed by atoms with Crippen LogP contribution in [0.5, 0.6) is 0 Å². The molecule has 11 heteroatoms. The average Bonchev–Trinajstić information content (AvgIpc) is 3.23. The summed E-state index contributed by atoms with van der Waals surface area (Å²) in [4.78, 5) is 62.3. The van der Waals surface area contributed by atoms with Crippen LogP contribution in [-0.2, 0) is 25.6 Å². The summed E-state index contributed by atoms with van der Waals surface area (Å²) in [6, 6.07) is 4.93. The number of fused-ring (bicyclic) bond motifs is 1. The van der Waals surface area contributed by atoms with Gasteiger partial charge in [-0.05, 0) is 19.1 Å². The molecule has 1 aromatic carbocycles. The first kappa shape index (κ1) is 22.9. The Morgan fingerprint density at radius 3 is 2.34 bits per heavy atom. The van der Waals surface area contributed by atoms with Crippen LogP contribution in [0.3, 0.4) is 0 Å². The molecule has 0 saturated carbocycles. The van der Waals surface area contributed by atoms with Crippen LogP contribution in [-0.4, -0.2) is 55.4 Å². The van der Waals surface area contributed by atoms with Crippen molar-refractivity contribution in [1.82, 2.24) is 4.90 Å². The van der Waals surface area contributed by atoms with Gasteiger partial charge in [-0.3, -0.25) is 19.3 Å². The smallest absolute Gasteiger partial charge is 0.348 e. The zero-order valence-corrected chi connectivity index (χ0v) is 18.4. The molecule has 1 aliphatic rings. The summed E-state index contributed by atoms with van der Waals surface area (Å²) in [5.41, 5.74) is 7.23. The van der Waals surface area contributed by atoms with E-state index >= 15 is 0 Å². The number of esters is 3. The van der Waals surface area contributed by atoms with Gasteiger partial charge in [0.15, 0.2) is 0 Å². The van der Waals surface area contributed by atoms with Crippen LogP contribution < -0.4 is 5.73 Å². The van der Waals surface area contributed by atoms with Crippen LogP contribution in [0.15, 0.2) is 18.2 Å². The predicted octanol–water partition coefficient (Wildman–Crippen LogP) is 1.94. The summed E-state index contributed by atoms with van der Waals surface area (Å²) in [5.74, 6) is -3.24. The molecule has 0 saturated heterocycles. The number of nitrogens with zero attached hydrogens (tertiary/aromatic N) is 1. The van der Waals surface area contributed by atoms with Gasteiger partial charge in [0, 0.05) is 12.1 Å². The third kappa shape index (κ3) is 4.19. The number of hydrogen-bond donors (Lipinski definition) is 1. The molecule has 3 rings (SSSR count). The molecule has 1 aromatic heterocycles. The number of hydrogen-bond acceptors (Lipinski definition) is 10. The average molecular weight is 460 g/mol. The second-order valence-electron chi connectivity index (χ2n) is 6.85. The van der Waals surface area contributed by atoms with Crippen molar-refractivity contribution in [3.63, 3.8) is 0 Å². The van der Waals surface area contributed by atoms with Crippen molar-refractivity contribution in [3.8, 4) is 0 Å². The Morgan fingerprint density at radius 2 is 1.69 bits per heavy atom. The molecule has 0 unspecified atom stereocenters. The fourth-order valence-corrected chi connectivity index (χ4v) is 4.22. The summed E-state index contributed by atoms with van der Waals surface area (Å²) >= 11 is 0.811. The highest BCUT2D eigenvalue weighted by Crippen LogP contribution is 2.33. The Bertz CT molecular complexity index is 1140. The fraction of sp³-hybridized carbons (Fsp3) is 0.286. The van der Waals surface area contributed by atoms with Crippen LogP contribution >= 0.6 is 11.3 Å². The summed E-state index contributed by atoms with van der Waals surface area (Å²) in [6.07, 6.45) is -0.273. The largest absolute Gasteiger partial charge is 0.465 e. The SMILES string of the molecule is COC(=O)c1sc(N)c(C(=O)OC)c1COC(=O)CCN1C(=O)c2ccc(C)cc2C1=O. The lowest BCUT2D eigenvalue weighted by Crippen LogP contribution is -2.32. The maximum Gasteiger partial charge on any atom is 0.348 e. The highest BCUT2D eigenvalue weighted by molar-refractivity contribution is 7.18. The van der Waals surface area contributed by atoms with Gasteiger partial charge in [0.1, 0.15) is 22.0 Å². The van der Waals surface area contributed by atoms with Gasteiger partial charge < -0.3 is 19.9 Å². The zero-order chi connectivity index (χ0) is 23.6. The molecule has 0 radical (unpaired) electrons. The lowest BCUT2D eigenvalue weighted by molar-refractivity contribution is -0.145. The third-order valence-corrected chi connectivity index (χ3v) is 5.88. The van der Waals surface area contributed by atoms with Crippen LogP contribution in [0.25, 0.3) is 0 Å². The van der Waals surface area contributed by atoms with Gasteiger partial charge in [0.2, 0.25) is 0 Å². The van der Waals surface area contributed by atoms with Crippen molar-refractivity contribution in [2.45, 2.75) is 20.0 Å². The Hall–Kier alpha value is -3.73. The number of amides is 2. The lowest BCUT2D eigenvalue weighted by atomic mass is 10.1. The third-order valence-electron chi connectivity index (χ3n) is 4.84. The first-order valence-electron chi connectivity index (χ1n) is 9.39. The van der Waals surface area contributed by atoms with Crippen molar-refractivity contribution < 1.29 is 38.2 Å². The van der Waals surface area contributed by atoms with E-state index in [1.807, 2.05) is 0 Å². The molecule has 2 aromatic rings. The number of anilines is 1. The van der Waals surface area contributed by atoms with E-state index in [0.29, 0.717) is 5.56 Å². The first-order chi connectivity index (χ1) is 15.2. The van der Waals surface area contributed by atoms with E-state index in [2.05, 4.69) is 9.47 Å². The minimum absolute atomic E-state index is 0.00826. The summed E-state index contributed by atoms with van der Waals surface area (Å²) < 4.78 is 14.6. The maximum atomic E-state index is 12.5. The number of carbonyl (C=O) groups excluding carboxylic acids is 5. The van der Waals surface area contributed by atoms with Gasteiger partial charge in [-0.1, -0.05) is 11.6 Å². The molecule has 10 nitrogen and oxygen atoms in total. The number of nitrogen functional groups attached to an aromatic ring is 1. The number of thiophene rings is 1. The van der Waals surface area contributed by atoms with Crippen LogP contribution in [0.2, 0.25) is 0 Å². The molecular formula is C21H20N2O8S. The number of rotatable bonds is 7. The highest BCUT2D eigenvalue weighted by Gasteiger charge is 2.35. The molecule has 0 spiro atoms. The van der Waals surface area contributed by atoms with Crippen LogP contribution in [0.1, 0.15) is 58.3 Å². The standard InChI is InChI=1S/C21H20N2O8S/c1-10-4-5-11-12(8-10)19(26)23(18(11)25)7-6-14(24)31-9-13-15(20(27)29-2)17(22)32-16(13)21(28)30-3/h4-5,8H,6-7,9,22H2,1-3H3. The molecule has 32 heavy (non-hydrogen) atoms. The monoisotopic (exact) mass is 460 g/mol. The van der Waals surface area contributed by atoms with E-state index in [1.165, 1.54) is 0 Å². The number of carbonyl (C=O) groups is 5. The second kappa shape index (κ2) is 9.18. The normalized spacial score (nSPS) is 12.5. The number of nitrogens with two attached hydrogens (primary N) is 1. The molecule has 0 bridgehead atoms. The Morgan fingerprint density at radius 1 is 1.03 bits per heavy atom. The molecule has 2 amide bonds. The molecular weight excluding hydrogens is 440 g/mol. The number of imide groups is 1. The van der Waals surface area contributed by atoms with E-state index in [-0.39, 0.29) is 39.5 Å².